The van der Waals surface area contributed by atoms with Crippen molar-refractivity contribution in [2.24, 2.45) is 5.92 Å². The molecule has 0 radical (unpaired) electrons. The number of rotatable bonds is 4. The number of carbonyl (C=O) groups excluding carboxylic acids is 2. The second kappa shape index (κ2) is 7.41. The minimum absolute atomic E-state index is 0.0311. The molecule has 0 saturated heterocycles. The number of fused-ring (bicyclic) bond motifs is 1. The lowest BCUT2D eigenvalue weighted by atomic mass is 10.1. The summed E-state index contributed by atoms with van der Waals surface area (Å²) in [6.07, 6.45) is 1.63. The van der Waals surface area contributed by atoms with Crippen molar-refractivity contribution in [3.8, 4) is 0 Å². The van der Waals surface area contributed by atoms with E-state index in [-0.39, 0.29) is 29.5 Å². The highest BCUT2D eigenvalue weighted by molar-refractivity contribution is 6.07. The highest BCUT2D eigenvalue weighted by atomic mass is 19.1. The largest absolute Gasteiger partial charge is 0.326 e. The Morgan fingerprint density at radius 3 is 2.43 bits per heavy atom. The average molecular weight is 400 g/mol. The molecule has 5 heteroatoms. The van der Waals surface area contributed by atoms with Crippen LogP contribution in [0.15, 0.2) is 72.8 Å². The fraction of sp³-hybridized carbons (Fsp3) is 0.200. The van der Waals surface area contributed by atoms with Gasteiger partial charge in [-0.2, -0.15) is 0 Å². The second-order valence-electron chi connectivity index (χ2n) is 7.90. The van der Waals surface area contributed by atoms with Gasteiger partial charge in [-0.05, 0) is 72.4 Å². The lowest BCUT2D eigenvalue weighted by molar-refractivity contribution is -0.117. The number of carbonyl (C=O) groups is 2. The molecule has 1 fully saturated rings. The average Bonchev–Trinajstić information content (AvgIpc) is 3.46. The molecule has 1 aliphatic heterocycles. The highest BCUT2D eigenvalue weighted by Crippen LogP contribution is 2.48. The molecule has 1 N–H and O–H groups in total. The smallest absolute Gasteiger partial charge is 0.258 e. The molecule has 1 heterocycles. The van der Waals surface area contributed by atoms with Gasteiger partial charge in [0.05, 0.1) is 0 Å². The Kier molecular flexibility index (Phi) is 4.58. The number of hydrogen-bond acceptors (Lipinski definition) is 2. The van der Waals surface area contributed by atoms with Gasteiger partial charge in [0.25, 0.3) is 5.91 Å². The molecule has 2 atom stereocenters. The van der Waals surface area contributed by atoms with Gasteiger partial charge in [0.2, 0.25) is 5.91 Å². The Labute approximate surface area is 174 Å². The molecule has 0 spiro atoms. The SMILES string of the molecule is O=C(Nc1ccc(C(=O)N2CCc3ccccc32)cc1)C1CC1c1ccc(F)cc1. The third-order valence-corrected chi connectivity index (χ3v) is 5.96. The maximum Gasteiger partial charge on any atom is 0.258 e. The summed E-state index contributed by atoms with van der Waals surface area (Å²) in [4.78, 5) is 27.2. The first-order chi connectivity index (χ1) is 14.6. The highest BCUT2D eigenvalue weighted by Gasteiger charge is 2.43. The summed E-state index contributed by atoms with van der Waals surface area (Å²) in [5, 5.41) is 2.93. The third kappa shape index (κ3) is 3.47. The van der Waals surface area contributed by atoms with Gasteiger partial charge in [-0.15, -0.1) is 0 Å². The number of nitrogens with one attached hydrogen (secondary N) is 1. The lowest BCUT2D eigenvalue weighted by Crippen LogP contribution is -2.28. The molecule has 3 aromatic carbocycles. The normalized spacial score (nSPS) is 19.3. The molecule has 0 bridgehead atoms. The van der Waals surface area contributed by atoms with Crippen molar-refractivity contribution in [3.63, 3.8) is 0 Å². The molecule has 30 heavy (non-hydrogen) atoms. The van der Waals surface area contributed by atoms with Crippen LogP contribution in [0.5, 0.6) is 0 Å². The molecular formula is C25H21FN2O2. The van der Waals surface area contributed by atoms with Crippen LogP contribution < -0.4 is 10.2 Å². The van der Waals surface area contributed by atoms with Crippen LogP contribution in [-0.4, -0.2) is 18.4 Å². The first kappa shape index (κ1) is 18.6. The molecule has 3 aromatic rings. The van der Waals surface area contributed by atoms with E-state index in [0.717, 1.165) is 24.1 Å². The predicted molar refractivity (Wildman–Crippen MR) is 114 cm³/mol. The minimum atomic E-state index is -0.271. The summed E-state index contributed by atoms with van der Waals surface area (Å²) in [6.45, 7) is 0.684. The summed E-state index contributed by atoms with van der Waals surface area (Å²) in [6, 6.07) is 21.3. The lowest BCUT2D eigenvalue weighted by Gasteiger charge is -2.17. The first-order valence-corrected chi connectivity index (χ1v) is 10.2. The number of anilines is 2. The van der Waals surface area contributed by atoms with E-state index >= 15 is 0 Å². The molecule has 1 saturated carbocycles. The van der Waals surface area contributed by atoms with Crippen LogP contribution in [0.4, 0.5) is 15.8 Å². The van der Waals surface area contributed by atoms with Crippen molar-refractivity contribution in [1.29, 1.82) is 0 Å². The van der Waals surface area contributed by atoms with Gasteiger partial charge in [0, 0.05) is 29.4 Å². The van der Waals surface area contributed by atoms with Crippen molar-refractivity contribution in [2.45, 2.75) is 18.8 Å². The monoisotopic (exact) mass is 400 g/mol. The fourth-order valence-electron chi connectivity index (χ4n) is 4.20. The van der Waals surface area contributed by atoms with E-state index in [4.69, 9.17) is 0 Å². The molecule has 4 nitrogen and oxygen atoms in total. The summed E-state index contributed by atoms with van der Waals surface area (Å²) in [5.74, 6) is -0.305. The third-order valence-electron chi connectivity index (χ3n) is 5.96. The Balaban J connectivity index is 1.22. The van der Waals surface area contributed by atoms with E-state index < -0.39 is 0 Å². The van der Waals surface area contributed by atoms with E-state index in [0.29, 0.717) is 17.8 Å². The zero-order valence-corrected chi connectivity index (χ0v) is 16.3. The number of nitrogens with zero attached hydrogens (tertiary/aromatic N) is 1. The Morgan fingerprint density at radius 1 is 0.933 bits per heavy atom. The molecule has 2 aliphatic rings. The van der Waals surface area contributed by atoms with Gasteiger partial charge < -0.3 is 10.2 Å². The molecule has 0 aromatic heterocycles. The summed E-state index contributed by atoms with van der Waals surface area (Å²) >= 11 is 0. The molecule has 150 valence electrons. The van der Waals surface area contributed by atoms with Gasteiger partial charge in [-0.1, -0.05) is 30.3 Å². The van der Waals surface area contributed by atoms with Gasteiger partial charge >= 0.3 is 0 Å². The number of para-hydroxylation sites is 1. The Morgan fingerprint density at radius 2 is 1.67 bits per heavy atom. The van der Waals surface area contributed by atoms with Crippen molar-refractivity contribution in [3.05, 3.63) is 95.3 Å². The van der Waals surface area contributed by atoms with Crippen LogP contribution in [0.3, 0.4) is 0 Å². The van der Waals surface area contributed by atoms with E-state index in [1.807, 2.05) is 18.2 Å². The van der Waals surface area contributed by atoms with Gasteiger partial charge in [-0.25, -0.2) is 4.39 Å². The van der Waals surface area contributed by atoms with E-state index in [9.17, 15) is 14.0 Å². The van der Waals surface area contributed by atoms with Crippen LogP contribution in [-0.2, 0) is 11.2 Å². The zero-order chi connectivity index (χ0) is 20.7. The van der Waals surface area contributed by atoms with Crippen LogP contribution in [0.2, 0.25) is 0 Å². The molecule has 2 unspecified atom stereocenters. The quantitative estimate of drug-likeness (QED) is 0.686. The number of amides is 2. The van der Waals surface area contributed by atoms with E-state index in [1.54, 1.807) is 41.3 Å². The summed E-state index contributed by atoms with van der Waals surface area (Å²) < 4.78 is 13.1. The van der Waals surface area contributed by atoms with E-state index in [2.05, 4.69) is 11.4 Å². The molecule has 1 aliphatic carbocycles. The summed E-state index contributed by atoms with van der Waals surface area (Å²) in [5.41, 5.74) is 4.42. The maximum atomic E-state index is 13.1. The number of hydrogen-bond donors (Lipinski definition) is 1. The topological polar surface area (TPSA) is 49.4 Å². The molecule has 5 rings (SSSR count). The van der Waals surface area contributed by atoms with Crippen LogP contribution in [0.25, 0.3) is 0 Å². The number of benzene rings is 3. The van der Waals surface area contributed by atoms with Crippen LogP contribution in [0, 0.1) is 11.7 Å². The Hall–Kier alpha value is -3.47. The van der Waals surface area contributed by atoms with Crippen molar-refractivity contribution < 1.29 is 14.0 Å². The molecule has 2 amide bonds. The van der Waals surface area contributed by atoms with Crippen LogP contribution >= 0.6 is 0 Å². The summed E-state index contributed by atoms with van der Waals surface area (Å²) in [7, 11) is 0. The van der Waals surface area contributed by atoms with Crippen molar-refractivity contribution >= 4 is 23.2 Å². The van der Waals surface area contributed by atoms with Crippen LogP contribution in [0.1, 0.15) is 33.8 Å². The van der Waals surface area contributed by atoms with Gasteiger partial charge in [0.15, 0.2) is 0 Å². The standard InChI is InChI=1S/C25H21FN2O2/c26-19-9-5-16(6-10-19)21-15-22(21)24(29)27-20-11-7-18(8-12-20)25(30)28-14-13-17-3-1-2-4-23(17)28/h1-12,21-22H,13-15H2,(H,27,29). The predicted octanol–water partition coefficient (Wildman–Crippen LogP) is 4.77. The first-order valence-electron chi connectivity index (χ1n) is 10.2. The Bertz CT molecular complexity index is 1110. The zero-order valence-electron chi connectivity index (χ0n) is 16.3. The fourth-order valence-corrected chi connectivity index (χ4v) is 4.20. The van der Waals surface area contributed by atoms with Crippen molar-refractivity contribution in [1.82, 2.24) is 0 Å². The van der Waals surface area contributed by atoms with E-state index in [1.165, 1.54) is 17.7 Å². The number of halogens is 1. The van der Waals surface area contributed by atoms with Gasteiger partial charge in [0.1, 0.15) is 5.82 Å². The minimum Gasteiger partial charge on any atom is -0.326 e. The van der Waals surface area contributed by atoms with Crippen molar-refractivity contribution in [2.75, 3.05) is 16.8 Å². The second-order valence-corrected chi connectivity index (χ2v) is 7.90. The molecular weight excluding hydrogens is 379 g/mol. The van der Waals surface area contributed by atoms with Gasteiger partial charge in [-0.3, -0.25) is 9.59 Å². The maximum absolute atomic E-state index is 13.1.